The van der Waals surface area contributed by atoms with Gasteiger partial charge in [0.2, 0.25) is 0 Å². The maximum Gasteiger partial charge on any atom is 0.141 e. The minimum absolute atomic E-state index is 0.0382. The van der Waals surface area contributed by atoms with Gasteiger partial charge in [-0.25, -0.2) is 4.39 Å². The minimum Gasteiger partial charge on any atom is -0.319 e. The number of nitrogens with zero attached hydrogens (tertiary/aromatic N) is 2. The number of hydrogen-bond acceptors (Lipinski definition) is 2. The molecule has 2 rings (SSSR count). The number of aryl methyl sites for hydroxylation is 1. The van der Waals surface area contributed by atoms with E-state index in [0.717, 1.165) is 0 Å². The molecule has 1 aromatic carbocycles. The maximum atomic E-state index is 13.0. The molecule has 17 heavy (non-hydrogen) atoms. The Balaban J connectivity index is 2.43. The summed E-state index contributed by atoms with van der Waals surface area (Å²) in [6, 6.07) is 3.86. The Kier molecular flexibility index (Phi) is 3.38. The lowest BCUT2D eigenvalue weighted by Crippen LogP contribution is -2.16. The summed E-state index contributed by atoms with van der Waals surface area (Å²) in [5, 5.41) is 4.51. The first-order chi connectivity index (χ1) is 8.00. The van der Waals surface area contributed by atoms with E-state index in [1.54, 1.807) is 17.8 Å². The molecule has 0 aliphatic carbocycles. The first-order valence-electron chi connectivity index (χ1n) is 4.88. The van der Waals surface area contributed by atoms with E-state index in [1.807, 2.05) is 0 Å². The lowest BCUT2D eigenvalue weighted by molar-refractivity contribution is 0.625. The van der Waals surface area contributed by atoms with E-state index in [2.05, 4.69) is 5.10 Å². The fraction of sp³-hybridized carbons (Fsp3) is 0.182. The van der Waals surface area contributed by atoms with Crippen molar-refractivity contribution in [2.45, 2.75) is 6.04 Å². The molecule has 1 atom stereocenters. The highest BCUT2D eigenvalue weighted by Gasteiger charge is 2.17. The van der Waals surface area contributed by atoms with Crippen LogP contribution in [0.25, 0.3) is 0 Å². The third-order valence-electron chi connectivity index (χ3n) is 2.53. The summed E-state index contributed by atoms with van der Waals surface area (Å²) in [6.07, 6.45) is 1.52. The molecule has 2 N–H and O–H groups in total. The quantitative estimate of drug-likeness (QED) is 0.915. The van der Waals surface area contributed by atoms with E-state index in [4.69, 9.17) is 28.9 Å². The number of nitrogens with two attached hydrogens (primary N) is 1. The molecule has 0 spiro atoms. The third kappa shape index (κ3) is 2.29. The monoisotopic (exact) mass is 273 g/mol. The molecule has 0 bridgehead atoms. The first-order valence-corrected chi connectivity index (χ1v) is 5.64. The molecule has 0 aliphatic rings. The molecular formula is C11H10Cl2FN3. The van der Waals surface area contributed by atoms with Gasteiger partial charge in [-0.1, -0.05) is 29.3 Å². The largest absolute Gasteiger partial charge is 0.319 e. The van der Waals surface area contributed by atoms with Gasteiger partial charge in [-0.3, -0.25) is 4.68 Å². The van der Waals surface area contributed by atoms with Gasteiger partial charge < -0.3 is 5.73 Å². The maximum absolute atomic E-state index is 13.0. The van der Waals surface area contributed by atoms with Gasteiger partial charge in [-0.2, -0.15) is 5.10 Å². The van der Waals surface area contributed by atoms with Crippen molar-refractivity contribution in [1.29, 1.82) is 0 Å². The molecule has 1 unspecified atom stereocenters. The van der Waals surface area contributed by atoms with Gasteiger partial charge in [0.05, 0.1) is 28.0 Å². The highest BCUT2D eigenvalue weighted by molar-refractivity contribution is 6.31. The second kappa shape index (κ2) is 4.64. The molecule has 90 valence electrons. The fourth-order valence-electron chi connectivity index (χ4n) is 1.63. The van der Waals surface area contributed by atoms with Crippen LogP contribution in [0, 0.1) is 5.82 Å². The predicted molar refractivity (Wildman–Crippen MR) is 65.7 cm³/mol. The van der Waals surface area contributed by atoms with Gasteiger partial charge in [-0.05, 0) is 17.7 Å². The minimum atomic E-state index is -0.493. The van der Waals surface area contributed by atoms with Crippen LogP contribution in [-0.2, 0) is 7.05 Å². The summed E-state index contributed by atoms with van der Waals surface area (Å²) in [7, 11) is 1.74. The molecule has 0 aliphatic heterocycles. The predicted octanol–water partition coefficient (Wildman–Crippen LogP) is 2.91. The Bertz CT molecular complexity index is 534. The van der Waals surface area contributed by atoms with Crippen LogP contribution in [0.2, 0.25) is 10.0 Å². The summed E-state index contributed by atoms with van der Waals surface area (Å²) in [6.45, 7) is 0. The van der Waals surface area contributed by atoms with Crippen molar-refractivity contribution in [3.63, 3.8) is 0 Å². The number of rotatable bonds is 2. The van der Waals surface area contributed by atoms with Crippen LogP contribution in [-0.4, -0.2) is 9.78 Å². The lowest BCUT2D eigenvalue weighted by Gasteiger charge is -2.13. The van der Waals surface area contributed by atoms with Crippen LogP contribution in [0.3, 0.4) is 0 Å². The van der Waals surface area contributed by atoms with Crippen molar-refractivity contribution in [2.75, 3.05) is 0 Å². The average Bonchev–Trinajstić information content (AvgIpc) is 2.62. The summed E-state index contributed by atoms with van der Waals surface area (Å²) < 4.78 is 14.6. The topological polar surface area (TPSA) is 43.8 Å². The van der Waals surface area contributed by atoms with Crippen molar-refractivity contribution < 1.29 is 4.39 Å². The summed E-state index contributed by atoms with van der Waals surface area (Å²) in [5.74, 6) is -0.473. The molecule has 0 fully saturated rings. The van der Waals surface area contributed by atoms with E-state index < -0.39 is 11.9 Å². The van der Waals surface area contributed by atoms with Crippen LogP contribution < -0.4 is 5.73 Å². The molecule has 1 aromatic heterocycles. The van der Waals surface area contributed by atoms with Gasteiger partial charge in [0, 0.05) is 7.05 Å². The van der Waals surface area contributed by atoms with Crippen LogP contribution in [0.15, 0.2) is 24.4 Å². The average molecular weight is 274 g/mol. The van der Waals surface area contributed by atoms with Gasteiger partial charge in [0.25, 0.3) is 0 Å². The molecule has 0 saturated heterocycles. The van der Waals surface area contributed by atoms with Crippen LogP contribution in [0.5, 0.6) is 0 Å². The second-order valence-electron chi connectivity index (χ2n) is 3.65. The first kappa shape index (κ1) is 12.4. The second-order valence-corrected chi connectivity index (χ2v) is 4.47. The van der Waals surface area contributed by atoms with Crippen molar-refractivity contribution in [1.82, 2.24) is 9.78 Å². The van der Waals surface area contributed by atoms with Crippen LogP contribution in [0.1, 0.15) is 17.3 Å². The summed E-state index contributed by atoms with van der Waals surface area (Å²) in [5.41, 5.74) is 7.40. The molecule has 1 heterocycles. The number of halogens is 3. The van der Waals surface area contributed by atoms with E-state index >= 15 is 0 Å². The van der Waals surface area contributed by atoms with Crippen molar-refractivity contribution in [3.8, 4) is 0 Å². The van der Waals surface area contributed by atoms with E-state index in [0.29, 0.717) is 16.3 Å². The Morgan fingerprint density at radius 1 is 1.35 bits per heavy atom. The SMILES string of the molecule is Cn1ncc(Cl)c1C(N)c1ccc(F)c(Cl)c1. The van der Waals surface area contributed by atoms with Crippen LogP contribution >= 0.6 is 23.2 Å². The number of hydrogen-bond donors (Lipinski definition) is 1. The zero-order chi connectivity index (χ0) is 12.6. The summed E-state index contributed by atoms with van der Waals surface area (Å²) in [4.78, 5) is 0. The molecule has 2 aromatic rings. The Morgan fingerprint density at radius 2 is 2.06 bits per heavy atom. The molecule has 0 amide bonds. The number of aromatic nitrogens is 2. The van der Waals surface area contributed by atoms with Gasteiger partial charge in [-0.15, -0.1) is 0 Å². The third-order valence-corrected chi connectivity index (χ3v) is 3.12. The normalized spacial score (nSPS) is 12.8. The van der Waals surface area contributed by atoms with Gasteiger partial charge in [0.15, 0.2) is 0 Å². The number of benzene rings is 1. The fourth-order valence-corrected chi connectivity index (χ4v) is 2.11. The van der Waals surface area contributed by atoms with E-state index in [9.17, 15) is 4.39 Å². The molecule has 3 nitrogen and oxygen atoms in total. The lowest BCUT2D eigenvalue weighted by atomic mass is 10.0. The molecular weight excluding hydrogens is 264 g/mol. The Labute approximate surface area is 108 Å². The van der Waals surface area contributed by atoms with Crippen molar-refractivity contribution in [2.24, 2.45) is 12.8 Å². The van der Waals surface area contributed by atoms with Crippen LogP contribution in [0.4, 0.5) is 4.39 Å². The summed E-state index contributed by atoms with van der Waals surface area (Å²) >= 11 is 11.7. The van der Waals surface area contributed by atoms with E-state index in [1.165, 1.54) is 18.3 Å². The Morgan fingerprint density at radius 3 is 2.59 bits per heavy atom. The highest BCUT2D eigenvalue weighted by Crippen LogP contribution is 2.28. The molecule has 6 heteroatoms. The zero-order valence-electron chi connectivity index (χ0n) is 8.99. The Hall–Kier alpha value is -1.10. The van der Waals surface area contributed by atoms with Crippen molar-refractivity contribution in [3.05, 3.63) is 51.5 Å². The van der Waals surface area contributed by atoms with Gasteiger partial charge in [0.1, 0.15) is 5.82 Å². The van der Waals surface area contributed by atoms with E-state index in [-0.39, 0.29) is 5.02 Å². The van der Waals surface area contributed by atoms with Gasteiger partial charge >= 0.3 is 0 Å². The van der Waals surface area contributed by atoms with Crippen molar-refractivity contribution >= 4 is 23.2 Å². The molecule has 0 radical (unpaired) electrons. The highest BCUT2D eigenvalue weighted by atomic mass is 35.5. The smallest absolute Gasteiger partial charge is 0.141 e. The zero-order valence-corrected chi connectivity index (χ0v) is 10.5. The molecule has 0 saturated carbocycles. The standard InChI is InChI=1S/C11H10Cl2FN3/c1-17-11(8(13)5-16-17)10(15)6-2-3-9(14)7(12)4-6/h2-5,10H,15H2,1H3.